The molecule has 2 aromatic rings. The molecule has 0 aliphatic carbocycles. The second kappa shape index (κ2) is 7.71. The van der Waals surface area contributed by atoms with Crippen LogP contribution in [-0.4, -0.2) is 13.6 Å². The zero-order valence-electron chi connectivity index (χ0n) is 12.4. The lowest BCUT2D eigenvalue weighted by molar-refractivity contribution is 0.302. The summed E-state index contributed by atoms with van der Waals surface area (Å²) < 4.78 is 6.01. The van der Waals surface area contributed by atoms with Gasteiger partial charge in [-0.1, -0.05) is 49.4 Å². The van der Waals surface area contributed by atoms with Crippen LogP contribution in [0.15, 0.2) is 48.5 Å². The molecule has 0 aliphatic rings. The minimum Gasteiger partial charge on any atom is -0.489 e. The molecule has 0 bridgehead atoms. The molecule has 2 aromatic carbocycles. The van der Waals surface area contributed by atoms with Gasteiger partial charge in [-0.3, -0.25) is 0 Å². The van der Waals surface area contributed by atoms with Gasteiger partial charge in [0.15, 0.2) is 0 Å². The zero-order chi connectivity index (χ0) is 14.2. The summed E-state index contributed by atoms with van der Waals surface area (Å²) in [5, 5.41) is 3.19. The Morgan fingerprint density at radius 3 is 2.25 bits per heavy atom. The smallest absolute Gasteiger partial charge is 0.122 e. The molecule has 0 atom stereocenters. The Morgan fingerprint density at radius 2 is 1.55 bits per heavy atom. The van der Waals surface area contributed by atoms with Crippen LogP contribution >= 0.6 is 0 Å². The molecule has 20 heavy (non-hydrogen) atoms. The summed E-state index contributed by atoms with van der Waals surface area (Å²) in [6.07, 6.45) is 2.03. The minimum absolute atomic E-state index is 0.636. The number of hydrogen-bond acceptors (Lipinski definition) is 2. The van der Waals surface area contributed by atoms with E-state index in [9.17, 15) is 0 Å². The van der Waals surface area contributed by atoms with Gasteiger partial charge in [0.1, 0.15) is 12.4 Å². The lowest BCUT2D eigenvalue weighted by atomic mass is 10.1. The molecule has 0 unspecified atom stereocenters. The second-order valence-electron chi connectivity index (χ2n) is 4.87. The van der Waals surface area contributed by atoms with Crippen LogP contribution in [0, 0.1) is 0 Å². The molecule has 0 saturated heterocycles. The molecule has 0 saturated carbocycles. The number of aryl methyl sites for hydroxylation is 1. The second-order valence-corrected chi connectivity index (χ2v) is 4.87. The van der Waals surface area contributed by atoms with Crippen molar-refractivity contribution < 1.29 is 4.74 Å². The summed E-state index contributed by atoms with van der Waals surface area (Å²) in [5.74, 6) is 0.999. The molecule has 106 valence electrons. The van der Waals surface area contributed by atoms with E-state index in [4.69, 9.17) is 4.74 Å². The lowest BCUT2D eigenvalue weighted by Gasteiger charge is -2.13. The van der Waals surface area contributed by atoms with E-state index in [0.29, 0.717) is 6.61 Å². The van der Waals surface area contributed by atoms with Crippen molar-refractivity contribution in [2.24, 2.45) is 0 Å². The Balaban J connectivity index is 2.06. The SMILES string of the molecule is CCc1ccccc1OCc1ccccc1CCNC. The molecule has 0 aromatic heterocycles. The van der Waals surface area contributed by atoms with Crippen LogP contribution in [0.4, 0.5) is 0 Å². The van der Waals surface area contributed by atoms with Gasteiger partial charge >= 0.3 is 0 Å². The fourth-order valence-electron chi connectivity index (χ4n) is 2.29. The molecular weight excluding hydrogens is 246 g/mol. The molecule has 2 nitrogen and oxygen atoms in total. The van der Waals surface area contributed by atoms with Crippen LogP contribution in [0.1, 0.15) is 23.6 Å². The molecule has 0 spiro atoms. The van der Waals surface area contributed by atoms with E-state index in [1.807, 2.05) is 13.1 Å². The molecule has 0 amide bonds. The maximum absolute atomic E-state index is 6.01. The third kappa shape index (κ3) is 3.84. The first-order chi connectivity index (χ1) is 9.85. The molecule has 2 heteroatoms. The van der Waals surface area contributed by atoms with Crippen molar-refractivity contribution in [1.29, 1.82) is 0 Å². The van der Waals surface area contributed by atoms with Crippen molar-refractivity contribution in [3.63, 3.8) is 0 Å². The third-order valence-corrected chi connectivity index (χ3v) is 3.50. The van der Waals surface area contributed by atoms with Crippen molar-refractivity contribution in [3.05, 3.63) is 65.2 Å². The van der Waals surface area contributed by atoms with Crippen LogP contribution in [0.25, 0.3) is 0 Å². The molecule has 0 radical (unpaired) electrons. The summed E-state index contributed by atoms with van der Waals surface area (Å²) in [7, 11) is 1.98. The molecule has 0 aliphatic heterocycles. The van der Waals surface area contributed by atoms with E-state index in [0.717, 1.165) is 25.1 Å². The Hall–Kier alpha value is -1.80. The van der Waals surface area contributed by atoms with Crippen molar-refractivity contribution in [2.75, 3.05) is 13.6 Å². The maximum atomic E-state index is 6.01. The predicted octanol–water partition coefficient (Wildman–Crippen LogP) is 3.59. The number of ether oxygens (including phenoxy) is 1. The van der Waals surface area contributed by atoms with Gasteiger partial charge in [0.2, 0.25) is 0 Å². The largest absolute Gasteiger partial charge is 0.489 e. The lowest BCUT2D eigenvalue weighted by Crippen LogP contribution is -2.12. The number of para-hydroxylation sites is 1. The van der Waals surface area contributed by atoms with E-state index in [-0.39, 0.29) is 0 Å². The number of benzene rings is 2. The number of likely N-dealkylation sites (N-methyl/N-ethyl adjacent to an activating group) is 1. The van der Waals surface area contributed by atoms with Gasteiger partial charge < -0.3 is 10.1 Å². The van der Waals surface area contributed by atoms with Gasteiger partial charge in [-0.25, -0.2) is 0 Å². The highest BCUT2D eigenvalue weighted by Gasteiger charge is 2.04. The third-order valence-electron chi connectivity index (χ3n) is 3.50. The predicted molar refractivity (Wildman–Crippen MR) is 84.2 cm³/mol. The number of nitrogens with one attached hydrogen (secondary N) is 1. The van der Waals surface area contributed by atoms with E-state index >= 15 is 0 Å². The molecule has 0 heterocycles. The van der Waals surface area contributed by atoms with Gasteiger partial charge in [0, 0.05) is 0 Å². The van der Waals surface area contributed by atoms with Gasteiger partial charge in [0.25, 0.3) is 0 Å². The first-order valence-corrected chi connectivity index (χ1v) is 7.27. The van der Waals surface area contributed by atoms with Crippen LogP contribution in [0.5, 0.6) is 5.75 Å². The Bertz CT molecular complexity index is 536. The first kappa shape index (κ1) is 14.6. The number of hydrogen-bond donors (Lipinski definition) is 1. The quantitative estimate of drug-likeness (QED) is 0.829. The van der Waals surface area contributed by atoms with Crippen molar-refractivity contribution in [3.8, 4) is 5.75 Å². The highest BCUT2D eigenvalue weighted by atomic mass is 16.5. The topological polar surface area (TPSA) is 21.3 Å². The van der Waals surface area contributed by atoms with E-state index < -0.39 is 0 Å². The van der Waals surface area contributed by atoms with Gasteiger partial charge in [-0.05, 0) is 49.2 Å². The van der Waals surface area contributed by atoms with E-state index in [2.05, 4.69) is 54.7 Å². The highest BCUT2D eigenvalue weighted by molar-refractivity contribution is 5.34. The Labute approximate surface area is 121 Å². The summed E-state index contributed by atoms with van der Waals surface area (Å²) in [6.45, 7) is 3.78. The van der Waals surface area contributed by atoms with Gasteiger partial charge in [0.05, 0.1) is 0 Å². The van der Waals surface area contributed by atoms with Crippen LogP contribution in [0.3, 0.4) is 0 Å². The van der Waals surface area contributed by atoms with Crippen molar-refractivity contribution in [1.82, 2.24) is 5.32 Å². The summed E-state index contributed by atoms with van der Waals surface area (Å²) in [6, 6.07) is 16.8. The fraction of sp³-hybridized carbons (Fsp3) is 0.333. The Kier molecular flexibility index (Phi) is 5.63. The molecule has 2 rings (SSSR count). The maximum Gasteiger partial charge on any atom is 0.122 e. The van der Waals surface area contributed by atoms with Crippen LogP contribution < -0.4 is 10.1 Å². The summed E-state index contributed by atoms with van der Waals surface area (Å²) >= 11 is 0. The van der Waals surface area contributed by atoms with Crippen LogP contribution in [0.2, 0.25) is 0 Å². The van der Waals surface area contributed by atoms with Crippen molar-refractivity contribution >= 4 is 0 Å². The summed E-state index contributed by atoms with van der Waals surface area (Å²) in [4.78, 5) is 0. The molecule has 0 fully saturated rings. The first-order valence-electron chi connectivity index (χ1n) is 7.27. The van der Waals surface area contributed by atoms with E-state index in [1.54, 1.807) is 0 Å². The van der Waals surface area contributed by atoms with Crippen molar-refractivity contribution in [2.45, 2.75) is 26.4 Å². The van der Waals surface area contributed by atoms with Crippen LogP contribution in [-0.2, 0) is 19.4 Å². The average Bonchev–Trinajstić information content (AvgIpc) is 2.52. The fourth-order valence-corrected chi connectivity index (χ4v) is 2.29. The average molecular weight is 269 g/mol. The zero-order valence-corrected chi connectivity index (χ0v) is 12.4. The standard InChI is InChI=1S/C18H23NO/c1-3-15-8-6-7-11-18(15)20-14-17-10-5-4-9-16(17)12-13-19-2/h4-11,19H,3,12-14H2,1-2H3. The Morgan fingerprint density at radius 1 is 0.900 bits per heavy atom. The van der Waals surface area contributed by atoms with E-state index in [1.165, 1.54) is 16.7 Å². The number of rotatable bonds is 7. The molecular formula is C18H23NO. The summed E-state index contributed by atoms with van der Waals surface area (Å²) in [5.41, 5.74) is 3.89. The highest BCUT2D eigenvalue weighted by Crippen LogP contribution is 2.20. The normalized spacial score (nSPS) is 10.5. The monoisotopic (exact) mass is 269 g/mol. The van der Waals surface area contributed by atoms with Gasteiger partial charge in [-0.15, -0.1) is 0 Å². The molecule has 1 N–H and O–H groups in total. The van der Waals surface area contributed by atoms with Gasteiger partial charge in [-0.2, -0.15) is 0 Å². The minimum atomic E-state index is 0.636.